The van der Waals surface area contributed by atoms with Crippen LogP contribution in [0.15, 0.2) is 38.4 Å². The molecule has 15 nitrogen and oxygen atoms in total. The van der Waals surface area contributed by atoms with Crippen LogP contribution in [0.4, 0.5) is 5.95 Å². The third kappa shape index (κ3) is 9.06. The van der Waals surface area contributed by atoms with Gasteiger partial charge in [-0.3, -0.25) is 9.55 Å². The number of nitrogens with two attached hydrogens (primary N) is 1. The number of hydrogen-bond donors (Lipinski definition) is 3. The molecule has 2 aliphatic carbocycles. The van der Waals surface area contributed by atoms with Crippen LogP contribution in [0.25, 0.3) is 44.6 Å². The van der Waals surface area contributed by atoms with E-state index in [0.717, 1.165) is 139 Å². The molecule has 15 heteroatoms. The van der Waals surface area contributed by atoms with Gasteiger partial charge >= 0.3 is 5.69 Å². The van der Waals surface area contributed by atoms with Crippen LogP contribution in [-0.2, 0) is 22.6 Å². The first-order chi connectivity index (χ1) is 27.7. The summed E-state index contributed by atoms with van der Waals surface area (Å²) in [5.74, 6) is 3.87. The molecule has 4 fully saturated rings. The number of ether oxygens (including phenoxy) is 2. The number of pyridine rings is 2. The molecule has 0 bridgehead atoms. The summed E-state index contributed by atoms with van der Waals surface area (Å²) < 4.78 is 25.3. The lowest BCUT2D eigenvalue weighted by molar-refractivity contribution is 0.0866. The van der Waals surface area contributed by atoms with Gasteiger partial charge in [-0.05, 0) is 103 Å². The van der Waals surface area contributed by atoms with E-state index >= 15 is 0 Å². The molecule has 0 atom stereocenters. The quantitative estimate of drug-likeness (QED) is 0.137. The fraction of sp³-hybridized carbons (Fsp3) is 0.581. The number of anilines is 1. The Kier molecular flexibility index (Phi) is 13.1. The number of nitrogens with zero attached hydrogens (tertiary/aromatic N) is 7. The fourth-order valence-corrected chi connectivity index (χ4v) is 8.19. The van der Waals surface area contributed by atoms with E-state index in [1.807, 2.05) is 44.5 Å². The Balaban J connectivity index is 0.000000152. The Labute approximate surface area is 339 Å². The second-order valence-electron chi connectivity index (χ2n) is 16.2. The maximum Gasteiger partial charge on any atom is 0.327 e. The van der Waals surface area contributed by atoms with Gasteiger partial charge < -0.3 is 34.1 Å². The van der Waals surface area contributed by atoms with Crippen LogP contribution in [0.3, 0.4) is 0 Å². The molecule has 312 valence electrons. The van der Waals surface area contributed by atoms with E-state index in [0.29, 0.717) is 23.6 Å². The highest BCUT2D eigenvalue weighted by Crippen LogP contribution is 2.34. The Bertz CT molecular complexity index is 2300. The second kappa shape index (κ2) is 18.4. The van der Waals surface area contributed by atoms with Gasteiger partial charge in [0.05, 0.1) is 22.4 Å². The molecule has 0 amide bonds. The van der Waals surface area contributed by atoms with Crippen LogP contribution in [0.1, 0.15) is 94.5 Å². The van der Waals surface area contributed by atoms with Gasteiger partial charge in [-0.25, -0.2) is 14.8 Å². The molecule has 6 aromatic rings. The van der Waals surface area contributed by atoms with Gasteiger partial charge in [0.1, 0.15) is 11.5 Å². The van der Waals surface area contributed by atoms with Crippen molar-refractivity contribution in [2.75, 3.05) is 31.7 Å². The molecule has 2 saturated heterocycles. The molecule has 58 heavy (non-hydrogen) atoms. The number of nitrogens with one attached hydrogen (secondary N) is 2. The summed E-state index contributed by atoms with van der Waals surface area (Å²) in [5.41, 5.74) is 14.5. The first kappa shape index (κ1) is 41.3. The predicted molar refractivity (Wildman–Crippen MR) is 225 cm³/mol. The van der Waals surface area contributed by atoms with Crippen molar-refractivity contribution in [3.05, 3.63) is 57.9 Å². The SMILES string of the molecule is C.Cc1noc(C)c1-c1cnc2[nH]c(=O)n(CC3CCC3)c2c1.Cc1noc(C)c1-c1cnc2nc(NC3CCOCC3)n(CC3CCC3)c2c1.NC1CCOCC1. The van der Waals surface area contributed by atoms with Crippen molar-refractivity contribution < 1.29 is 18.5 Å². The summed E-state index contributed by atoms with van der Waals surface area (Å²) in [4.78, 5) is 29.0. The number of hydrogen-bond acceptors (Lipinski definition) is 12. The monoisotopic (exact) mass is 796 g/mol. The summed E-state index contributed by atoms with van der Waals surface area (Å²) >= 11 is 0. The Hall–Kier alpha value is -4.86. The maximum absolute atomic E-state index is 12.2. The number of imidazole rings is 2. The molecule has 2 saturated carbocycles. The predicted octanol–water partition coefficient (Wildman–Crippen LogP) is 7.65. The van der Waals surface area contributed by atoms with Gasteiger partial charge in [0, 0.05) is 86.2 Å². The standard InChI is InChI=1S/C21H27N5O2.C16H18N4O2.C5H11NO.CH4/c1-13-19(14(2)28-25-13)16-10-18-20(22-11-16)24-21(23-17-6-8-27-9-7-17)26(18)12-15-4-3-5-15;1-9-14(10(2)22-19-9)12-6-13-15(17-7-12)18-16(21)20(13)8-11-4-3-5-11;6-5-1-3-7-4-2-5;/h10-11,15,17H,3-9,12H2,1-2H3,(H,22,23,24);6-7,11H,3-5,8H2,1-2H3,(H,17,18,21);5H,1-4,6H2;1H4. The number of aromatic amines is 1. The van der Waals surface area contributed by atoms with E-state index < -0.39 is 0 Å². The van der Waals surface area contributed by atoms with Gasteiger partial charge in [-0.2, -0.15) is 4.98 Å². The van der Waals surface area contributed by atoms with Gasteiger partial charge in [-0.15, -0.1) is 0 Å². The summed E-state index contributed by atoms with van der Waals surface area (Å²) in [5, 5.41) is 11.8. The topological polar surface area (TPSA) is 190 Å². The molecule has 0 spiro atoms. The first-order valence-electron chi connectivity index (χ1n) is 20.7. The van der Waals surface area contributed by atoms with Crippen LogP contribution in [0, 0.1) is 39.5 Å². The van der Waals surface area contributed by atoms with Crippen molar-refractivity contribution >= 4 is 28.3 Å². The molecule has 6 aromatic heterocycles. The minimum atomic E-state index is -0.0784. The summed E-state index contributed by atoms with van der Waals surface area (Å²) in [6.07, 6.45) is 15.4. The molecule has 4 aliphatic rings. The van der Waals surface area contributed by atoms with Crippen LogP contribution in [-0.4, -0.2) is 77.9 Å². The van der Waals surface area contributed by atoms with Crippen molar-refractivity contribution in [3.63, 3.8) is 0 Å². The smallest absolute Gasteiger partial charge is 0.327 e. The average molecular weight is 797 g/mol. The van der Waals surface area contributed by atoms with E-state index in [9.17, 15) is 4.79 Å². The van der Waals surface area contributed by atoms with Crippen molar-refractivity contribution in [2.45, 2.75) is 125 Å². The van der Waals surface area contributed by atoms with Crippen molar-refractivity contribution in [1.29, 1.82) is 0 Å². The largest absolute Gasteiger partial charge is 0.381 e. The molecule has 0 unspecified atom stereocenters. The van der Waals surface area contributed by atoms with E-state index in [1.54, 1.807) is 6.20 Å². The molecule has 2 aliphatic heterocycles. The van der Waals surface area contributed by atoms with Gasteiger partial charge in [0.25, 0.3) is 0 Å². The van der Waals surface area contributed by atoms with Crippen molar-refractivity contribution in [1.82, 2.24) is 39.4 Å². The number of fused-ring (bicyclic) bond motifs is 2. The zero-order valence-corrected chi connectivity index (χ0v) is 33.7. The molecule has 10 rings (SSSR count). The van der Waals surface area contributed by atoms with Gasteiger partial charge in [0.2, 0.25) is 5.95 Å². The van der Waals surface area contributed by atoms with Crippen molar-refractivity contribution in [2.24, 2.45) is 17.6 Å². The lowest BCUT2D eigenvalue weighted by atomic mass is 9.85. The second-order valence-corrected chi connectivity index (χ2v) is 16.2. The first-order valence-corrected chi connectivity index (χ1v) is 20.7. The van der Waals surface area contributed by atoms with E-state index in [2.05, 4.69) is 41.2 Å². The van der Waals surface area contributed by atoms with E-state index in [1.165, 1.54) is 38.5 Å². The van der Waals surface area contributed by atoms with Crippen LogP contribution in [0.2, 0.25) is 0 Å². The molecule has 4 N–H and O–H groups in total. The number of aryl methyl sites for hydroxylation is 4. The summed E-state index contributed by atoms with van der Waals surface area (Å²) in [6.45, 7) is 12.8. The molecule has 0 aromatic carbocycles. The van der Waals surface area contributed by atoms with Crippen molar-refractivity contribution in [3.8, 4) is 22.3 Å². The van der Waals surface area contributed by atoms with E-state index in [-0.39, 0.29) is 13.1 Å². The number of aromatic nitrogens is 8. The average Bonchev–Trinajstić information content (AvgIpc) is 3.90. The highest BCUT2D eigenvalue weighted by Gasteiger charge is 2.25. The maximum atomic E-state index is 12.2. The molecular weight excluding hydrogens is 737 g/mol. The Morgan fingerprint density at radius 1 is 0.741 bits per heavy atom. The summed E-state index contributed by atoms with van der Waals surface area (Å²) in [7, 11) is 0. The van der Waals surface area contributed by atoms with Crippen LogP contribution in [0.5, 0.6) is 0 Å². The minimum Gasteiger partial charge on any atom is -0.381 e. The zero-order chi connectivity index (χ0) is 39.5. The number of H-pyrrole nitrogens is 1. The third-order valence-corrected chi connectivity index (χ3v) is 12.0. The van der Waals surface area contributed by atoms with E-state index in [4.69, 9.17) is 29.2 Å². The normalized spacial score (nSPS) is 17.8. The summed E-state index contributed by atoms with van der Waals surface area (Å²) in [6, 6.07) is 5.02. The Morgan fingerprint density at radius 3 is 1.78 bits per heavy atom. The van der Waals surface area contributed by atoms with Gasteiger partial charge in [-0.1, -0.05) is 30.6 Å². The van der Waals surface area contributed by atoms with Gasteiger partial charge in [0.15, 0.2) is 11.3 Å². The zero-order valence-electron chi connectivity index (χ0n) is 33.7. The Morgan fingerprint density at radius 2 is 1.28 bits per heavy atom. The molecule has 8 heterocycles. The highest BCUT2D eigenvalue weighted by atomic mass is 16.5. The fourth-order valence-electron chi connectivity index (χ4n) is 8.19. The number of rotatable bonds is 8. The molecular formula is C43H60N10O5. The molecule has 0 radical (unpaired) electrons. The lowest BCUT2D eigenvalue weighted by Crippen LogP contribution is -2.30. The minimum absolute atomic E-state index is 0. The third-order valence-electron chi connectivity index (χ3n) is 12.0. The van der Waals surface area contributed by atoms with Crippen LogP contribution >= 0.6 is 0 Å². The lowest BCUT2D eigenvalue weighted by Gasteiger charge is -2.28. The highest BCUT2D eigenvalue weighted by molar-refractivity contribution is 5.82. The van der Waals surface area contributed by atoms with Crippen LogP contribution < -0.4 is 16.7 Å².